The highest BCUT2D eigenvalue weighted by Gasteiger charge is 2.13. The third-order valence-corrected chi connectivity index (χ3v) is 3.53. The van der Waals surface area contributed by atoms with E-state index in [9.17, 15) is 9.18 Å². The number of anilines is 1. The first-order valence-corrected chi connectivity index (χ1v) is 6.99. The molecule has 0 aliphatic carbocycles. The van der Waals surface area contributed by atoms with Gasteiger partial charge in [-0.25, -0.2) is 4.39 Å². The van der Waals surface area contributed by atoms with Crippen molar-refractivity contribution in [2.45, 2.75) is 24.9 Å². The number of carbonyl (C=O) groups excluding carboxylic acids is 1. The number of amides is 1. The molecule has 5 heteroatoms. The molecule has 3 nitrogen and oxygen atoms in total. The smallest absolute Gasteiger partial charge is 0.274 e. The number of likely N-dealkylation sites (tertiary alicyclic amines) is 1. The maximum absolute atomic E-state index is 12.5. The van der Waals surface area contributed by atoms with Crippen molar-refractivity contribution in [2.75, 3.05) is 25.0 Å². The predicted octanol–water partition coefficient (Wildman–Crippen LogP) is 2.80. The average molecular weight is 285 g/mol. The van der Waals surface area contributed by atoms with Crippen LogP contribution in [0.2, 0.25) is 0 Å². The van der Waals surface area contributed by atoms with Crippen molar-refractivity contribution in [3.63, 3.8) is 0 Å². The molecular weight excluding hydrogens is 267 g/mol. The second kappa shape index (κ2) is 6.87. The zero-order valence-corrected chi connectivity index (χ0v) is 11.5. The zero-order valence-electron chi connectivity index (χ0n) is 10.7. The number of benzene rings is 1. The van der Waals surface area contributed by atoms with Crippen molar-refractivity contribution in [1.29, 1.82) is 0 Å². The van der Waals surface area contributed by atoms with Crippen molar-refractivity contribution in [2.24, 2.45) is 0 Å². The van der Waals surface area contributed by atoms with Gasteiger partial charge in [-0.1, -0.05) is 23.7 Å². The quantitative estimate of drug-likeness (QED) is 0.843. The summed E-state index contributed by atoms with van der Waals surface area (Å²) in [6.45, 7) is 3.46. The van der Waals surface area contributed by atoms with Crippen LogP contribution in [0.5, 0.6) is 0 Å². The van der Waals surface area contributed by atoms with Crippen molar-refractivity contribution in [3.8, 4) is 0 Å². The topological polar surface area (TPSA) is 32.3 Å². The number of hydrogen-bond donors (Lipinski definition) is 1. The monoisotopic (exact) mass is 284 g/mol. The van der Waals surface area contributed by atoms with Gasteiger partial charge in [0.2, 0.25) is 0 Å². The standard InChI is InChI=1S/C14H18ClFN2O/c15-13(16)14(19)17-12-5-3-11(4-6-12)7-10-18-8-1-2-9-18/h3-6,13H,1-2,7-10H2,(H,17,19). The summed E-state index contributed by atoms with van der Waals surface area (Å²) in [5, 5.41) is 2.41. The van der Waals surface area contributed by atoms with Crippen LogP contribution in [0.15, 0.2) is 24.3 Å². The van der Waals surface area contributed by atoms with Crippen LogP contribution >= 0.6 is 11.6 Å². The summed E-state index contributed by atoms with van der Waals surface area (Å²) in [6, 6.07) is 7.45. The highest BCUT2D eigenvalue weighted by molar-refractivity contribution is 6.31. The van der Waals surface area contributed by atoms with E-state index >= 15 is 0 Å². The van der Waals surface area contributed by atoms with Gasteiger partial charge in [0.05, 0.1) is 0 Å². The molecule has 1 saturated heterocycles. The summed E-state index contributed by atoms with van der Waals surface area (Å²) >= 11 is 5.05. The second-order valence-electron chi connectivity index (χ2n) is 4.79. The molecule has 0 spiro atoms. The van der Waals surface area contributed by atoms with Gasteiger partial charge in [0.1, 0.15) is 0 Å². The fourth-order valence-corrected chi connectivity index (χ4v) is 2.30. The molecular formula is C14H18ClFN2O. The Labute approximate surface area is 117 Å². The summed E-state index contributed by atoms with van der Waals surface area (Å²) in [5.41, 5.74) is -0.222. The van der Waals surface area contributed by atoms with Crippen LogP contribution in [0, 0.1) is 0 Å². The van der Waals surface area contributed by atoms with Crippen molar-refractivity contribution in [3.05, 3.63) is 29.8 Å². The van der Waals surface area contributed by atoms with E-state index in [1.165, 1.54) is 31.5 Å². The van der Waals surface area contributed by atoms with E-state index in [1.807, 2.05) is 12.1 Å². The first-order chi connectivity index (χ1) is 9.15. The van der Waals surface area contributed by atoms with Crippen LogP contribution in [0.4, 0.5) is 10.1 Å². The van der Waals surface area contributed by atoms with Gasteiger partial charge in [-0.2, -0.15) is 0 Å². The van der Waals surface area contributed by atoms with Crippen LogP contribution in [-0.4, -0.2) is 36.1 Å². The molecule has 1 aliphatic heterocycles. The number of carbonyl (C=O) groups is 1. The number of nitrogens with zero attached hydrogens (tertiary/aromatic N) is 1. The Balaban J connectivity index is 1.82. The van der Waals surface area contributed by atoms with E-state index in [2.05, 4.69) is 10.2 Å². The normalized spacial score (nSPS) is 17.4. The first-order valence-electron chi connectivity index (χ1n) is 6.55. The first kappa shape index (κ1) is 14.3. The third kappa shape index (κ3) is 4.48. The molecule has 2 rings (SSSR count). The summed E-state index contributed by atoms with van der Waals surface area (Å²) in [6.07, 6.45) is 3.59. The molecule has 1 amide bonds. The Kier molecular flexibility index (Phi) is 5.16. The molecule has 1 fully saturated rings. The van der Waals surface area contributed by atoms with Crippen LogP contribution in [0.1, 0.15) is 18.4 Å². The maximum Gasteiger partial charge on any atom is 0.274 e. The predicted molar refractivity (Wildman–Crippen MR) is 75.2 cm³/mol. The van der Waals surface area contributed by atoms with Gasteiger partial charge in [0.15, 0.2) is 0 Å². The molecule has 19 heavy (non-hydrogen) atoms. The minimum atomic E-state index is -2.00. The molecule has 0 radical (unpaired) electrons. The van der Waals surface area contributed by atoms with Crippen molar-refractivity contribution >= 4 is 23.2 Å². The Hall–Kier alpha value is -1.13. The maximum atomic E-state index is 12.5. The summed E-state index contributed by atoms with van der Waals surface area (Å²) in [5.74, 6) is -0.827. The highest BCUT2D eigenvalue weighted by atomic mass is 35.5. The van der Waals surface area contributed by atoms with Gasteiger partial charge in [0, 0.05) is 12.2 Å². The Bertz CT molecular complexity index is 416. The largest absolute Gasteiger partial charge is 0.322 e. The Morgan fingerprint density at radius 3 is 2.53 bits per heavy atom. The van der Waals surface area contributed by atoms with Crippen LogP contribution in [0.25, 0.3) is 0 Å². The lowest BCUT2D eigenvalue weighted by atomic mass is 10.1. The van der Waals surface area contributed by atoms with Crippen molar-refractivity contribution < 1.29 is 9.18 Å². The SMILES string of the molecule is O=C(Nc1ccc(CCN2CCCC2)cc1)C(F)Cl. The van der Waals surface area contributed by atoms with Crippen molar-refractivity contribution in [1.82, 2.24) is 4.90 Å². The van der Waals surface area contributed by atoms with E-state index in [1.54, 1.807) is 12.1 Å². The highest BCUT2D eigenvalue weighted by Crippen LogP contribution is 2.13. The molecule has 1 unspecified atom stereocenters. The Morgan fingerprint density at radius 2 is 1.95 bits per heavy atom. The number of nitrogens with one attached hydrogen (secondary N) is 1. The molecule has 104 valence electrons. The van der Waals surface area contributed by atoms with E-state index in [0.29, 0.717) is 5.69 Å². The molecule has 1 aromatic carbocycles. The molecule has 0 bridgehead atoms. The van der Waals surface area contributed by atoms with Gasteiger partial charge >= 0.3 is 0 Å². The minimum Gasteiger partial charge on any atom is -0.322 e. The molecule has 1 N–H and O–H groups in total. The van der Waals surface area contributed by atoms with E-state index in [0.717, 1.165) is 13.0 Å². The Morgan fingerprint density at radius 1 is 1.32 bits per heavy atom. The van der Waals surface area contributed by atoms with Gasteiger partial charge in [-0.3, -0.25) is 4.79 Å². The third-order valence-electron chi connectivity index (χ3n) is 3.34. The molecule has 0 aromatic heterocycles. The van der Waals surface area contributed by atoms with Gasteiger partial charge in [-0.15, -0.1) is 0 Å². The van der Waals surface area contributed by atoms with E-state index in [4.69, 9.17) is 11.6 Å². The van der Waals surface area contributed by atoms with Crippen LogP contribution in [-0.2, 0) is 11.2 Å². The molecule has 1 heterocycles. The lowest BCUT2D eigenvalue weighted by Gasteiger charge is -2.14. The summed E-state index contributed by atoms with van der Waals surface area (Å²) in [4.78, 5) is 13.5. The fourth-order valence-electron chi connectivity index (χ4n) is 2.25. The fraction of sp³-hybridized carbons (Fsp3) is 0.500. The van der Waals surface area contributed by atoms with Gasteiger partial charge in [0.25, 0.3) is 11.5 Å². The van der Waals surface area contributed by atoms with E-state index < -0.39 is 11.5 Å². The lowest BCUT2D eigenvalue weighted by molar-refractivity contribution is -0.118. The van der Waals surface area contributed by atoms with Gasteiger partial charge < -0.3 is 10.2 Å². The number of alkyl halides is 2. The van der Waals surface area contributed by atoms with Crippen LogP contribution < -0.4 is 5.32 Å². The summed E-state index contributed by atoms with van der Waals surface area (Å²) < 4.78 is 12.5. The lowest BCUT2D eigenvalue weighted by Crippen LogP contribution is -2.22. The zero-order chi connectivity index (χ0) is 13.7. The molecule has 1 aliphatic rings. The number of hydrogen-bond acceptors (Lipinski definition) is 2. The number of halogens is 2. The minimum absolute atomic E-state index is 0.568. The summed E-state index contributed by atoms with van der Waals surface area (Å²) in [7, 11) is 0. The molecule has 1 atom stereocenters. The number of rotatable bonds is 5. The molecule has 0 saturated carbocycles. The second-order valence-corrected chi connectivity index (χ2v) is 5.17. The van der Waals surface area contributed by atoms with E-state index in [-0.39, 0.29) is 0 Å². The van der Waals surface area contributed by atoms with Gasteiger partial charge in [-0.05, 0) is 50.0 Å². The van der Waals surface area contributed by atoms with Crippen LogP contribution in [0.3, 0.4) is 0 Å². The average Bonchev–Trinajstić information content (AvgIpc) is 2.91. The molecule has 1 aromatic rings.